The van der Waals surface area contributed by atoms with Crippen molar-refractivity contribution in [1.29, 1.82) is 0 Å². The van der Waals surface area contributed by atoms with Gasteiger partial charge in [-0.25, -0.2) is 9.59 Å². The molecule has 1 aromatic rings. The Hall–Kier alpha value is -1.79. The molecule has 1 unspecified atom stereocenters. The Morgan fingerprint density at radius 3 is 2.90 bits per heavy atom. The van der Waals surface area contributed by atoms with Crippen LogP contribution in [-0.4, -0.2) is 36.9 Å². The quantitative estimate of drug-likeness (QED) is 0.795. The Labute approximate surface area is 121 Å². The van der Waals surface area contributed by atoms with E-state index >= 15 is 0 Å². The van der Waals surface area contributed by atoms with Gasteiger partial charge in [0.25, 0.3) is 0 Å². The van der Waals surface area contributed by atoms with Crippen LogP contribution in [-0.2, 0) is 4.74 Å². The molecule has 3 N–H and O–H groups in total. The zero-order valence-corrected chi connectivity index (χ0v) is 11.4. The third-order valence-electron chi connectivity index (χ3n) is 3.05. The number of halogens is 1. The predicted molar refractivity (Wildman–Crippen MR) is 74.4 cm³/mol. The van der Waals surface area contributed by atoms with Gasteiger partial charge in [-0.3, -0.25) is 0 Å². The standard InChI is InChI=1S/C13H15ClN2O4/c14-9-2-1-3-10(11(9)12(17)18)16-13(19)15-6-8-4-5-20-7-8/h1-3,8H,4-7H2,(H,17,18)(H2,15,16,19). The van der Waals surface area contributed by atoms with Crippen LogP contribution >= 0.6 is 11.6 Å². The van der Waals surface area contributed by atoms with Crippen LogP contribution in [0.4, 0.5) is 10.5 Å². The van der Waals surface area contributed by atoms with Crippen molar-refractivity contribution >= 4 is 29.3 Å². The molecule has 1 fully saturated rings. The van der Waals surface area contributed by atoms with Crippen LogP contribution in [0, 0.1) is 5.92 Å². The largest absolute Gasteiger partial charge is 0.478 e. The molecule has 2 amide bonds. The summed E-state index contributed by atoms with van der Waals surface area (Å²) >= 11 is 5.82. The summed E-state index contributed by atoms with van der Waals surface area (Å²) in [4.78, 5) is 22.9. The van der Waals surface area contributed by atoms with Crippen molar-refractivity contribution in [3.63, 3.8) is 0 Å². The molecule has 1 atom stereocenters. The average molecular weight is 299 g/mol. The number of benzene rings is 1. The fourth-order valence-corrected chi connectivity index (χ4v) is 2.25. The Kier molecular flexibility index (Phi) is 4.81. The van der Waals surface area contributed by atoms with Crippen molar-refractivity contribution in [2.24, 2.45) is 5.92 Å². The summed E-state index contributed by atoms with van der Waals surface area (Å²) in [7, 11) is 0. The van der Waals surface area contributed by atoms with Crippen molar-refractivity contribution in [3.8, 4) is 0 Å². The normalized spacial score (nSPS) is 17.8. The van der Waals surface area contributed by atoms with Crippen molar-refractivity contribution in [1.82, 2.24) is 5.32 Å². The number of rotatable bonds is 4. The van der Waals surface area contributed by atoms with Gasteiger partial charge in [-0.15, -0.1) is 0 Å². The van der Waals surface area contributed by atoms with Gasteiger partial charge in [0.05, 0.1) is 17.3 Å². The van der Waals surface area contributed by atoms with E-state index in [0.717, 1.165) is 6.42 Å². The van der Waals surface area contributed by atoms with E-state index in [0.29, 0.717) is 25.7 Å². The Bertz CT molecular complexity index is 515. The van der Waals surface area contributed by atoms with Crippen molar-refractivity contribution < 1.29 is 19.4 Å². The molecule has 1 aromatic carbocycles. The van der Waals surface area contributed by atoms with Gasteiger partial charge in [-0.05, 0) is 18.6 Å². The first-order chi connectivity index (χ1) is 9.58. The second-order valence-corrected chi connectivity index (χ2v) is 4.94. The smallest absolute Gasteiger partial charge is 0.339 e. The van der Waals surface area contributed by atoms with Gasteiger partial charge in [-0.2, -0.15) is 0 Å². The van der Waals surface area contributed by atoms with Crippen LogP contribution in [0.5, 0.6) is 0 Å². The van der Waals surface area contributed by atoms with Gasteiger partial charge in [0.15, 0.2) is 0 Å². The number of carboxylic acids is 1. The van der Waals surface area contributed by atoms with E-state index in [9.17, 15) is 9.59 Å². The van der Waals surface area contributed by atoms with Gasteiger partial charge in [0.2, 0.25) is 0 Å². The molecule has 0 aromatic heterocycles. The molecule has 0 saturated carbocycles. The SMILES string of the molecule is O=C(NCC1CCOC1)Nc1cccc(Cl)c1C(=O)O. The van der Waals surface area contributed by atoms with Crippen LogP contribution in [0.3, 0.4) is 0 Å². The maximum absolute atomic E-state index is 11.8. The van der Waals surface area contributed by atoms with Crippen LogP contribution in [0.2, 0.25) is 5.02 Å². The highest BCUT2D eigenvalue weighted by Gasteiger charge is 2.18. The number of carbonyl (C=O) groups is 2. The summed E-state index contributed by atoms with van der Waals surface area (Å²) in [5.41, 5.74) is 0.0543. The Balaban J connectivity index is 1.96. The van der Waals surface area contributed by atoms with Gasteiger partial charge in [-0.1, -0.05) is 17.7 Å². The lowest BCUT2D eigenvalue weighted by Gasteiger charge is -2.12. The van der Waals surface area contributed by atoms with Gasteiger partial charge in [0.1, 0.15) is 5.56 Å². The fraction of sp³-hybridized carbons (Fsp3) is 0.385. The molecule has 2 rings (SSSR count). The molecule has 20 heavy (non-hydrogen) atoms. The minimum Gasteiger partial charge on any atom is -0.478 e. The minimum absolute atomic E-state index is 0.0829. The first-order valence-corrected chi connectivity index (χ1v) is 6.60. The monoisotopic (exact) mass is 298 g/mol. The van der Waals surface area contributed by atoms with Crippen LogP contribution in [0.1, 0.15) is 16.8 Å². The van der Waals surface area contributed by atoms with Crippen molar-refractivity contribution in [2.45, 2.75) is 6.42 Å². The van der Waals surface area contributed by atoms with Gasteiger partial charge in [0, 0.05) is 19.1 Å². The van der Waals surface area contributed by atoms with E-state index in [4.69, 9.17) is 21.4 Å². The predicted octanol–water partition coefficient (Wildman–Crippen LogP) is 2.20. The molecule has 108 valence electrons. The van der Waals surface area contributed by atoms with Crippen LogP contribution < -0.4 is 10.6 Å². The molecule has 0 spiro atoms. The van der Waals surface area contributed by atoms with E-state index in [2.05, 4.69) is 10.6 Å². The molecular formula is C13H15ClN2O4. The number of amides is 2. The lowest BCUT2D eigenvalue weighted by Crippen LogP contribution is -2.33. The number of nitrogens with one attached hydrogen (secondary N) is 2. The van der Waals surface area contributed by atoms with E-state index in [-0.39, 0.29) is 16.3 Å². The second kappa shape index (κ2) is 6.58. The van der Waals surface area contributed by atoms with E-state index < -0.39 is 12.0 Å². The molecule has 0 radical (unpaired) electrons. The minimum atomic E-state index is -1.19. The van der Waals surface area contributed by atoms with E-state index in [1.54, 1.807) is 6.07 Å². The molecule has 1 aliphatic rings. The number of anilines is 1. The lowest BCUT2D eigenvalue weighted by molar-refractivity contribution is 0.0698. The number of hydrogen-bond acceptors (Lipinski definition) is 3. The number of carboxylic acid groups (broad SMARTS) is 1. The summed E-state index contributed by atoms with van der Waals surface area (Å²) in [5.74, 6) is -0.880. The maximum atomic E-state index is 11.8. The molecule has 1 saturated heterocycles. The molecule has 1 aliphatic heterocycles. The molecule has 1 heterocycles. The second-order valence-electron chi connectivity index (χ2n) is 4.53. The summed E-state index contributed by atoms with van der Waals surface area (Å²) in [6, 6.07) is 4.08. The fourth-order valence-electron chi connectivity index (χ4n) is 1.99. The number of aromatic carboxylic acids is 1. The first kappa shape index (κ1) is 14.6. The number of carbonyl (C=O) groups excluding carboxylic acids is 1. The topological polar surface area (TPSA) is 87.7 Å². The number of urea groups is 1. The molecular weight excluding hydrogens is 284 g/mol. The van der Waals surface area contributed by atoms with Crippen molar-refractivity contribution in [2.75, 3.05) is 25.1 Å². The summed E-state index contributed by atoms with van der Waals surface area (Å²) in [5, 5.41) is 14.4. The third kappa shape index (κ3) is 3.61. The van der Waals surface area contributed by atoms with Gasteiger partial charge >= 0.3 is 12.0 Å². The first-order valence-electron chi connectivity index (χ1n) is 6.22. The van der Waals surface area contributed by atoms with Crippen molar-refractivity contribution in [3.05, 3.63) is 28.8 Å². The zero-order chi connectivity index (χ0) is 14.5. The molecule has 0 aliphatic carbocycles. The van der Waals surface area contributed by atoms with Crippen LogP contribution in [0.15, 0.2) is 18.2 Å². The number of ether oxygens (including phenoxy) is 1. The zero-order valence-electron chi connectivity index (χ0n) is 10.7. The third-order valence-corrected chi connectivity index (χ3v) is 3.37. The summed E-state index contributed by atoms with van der Waals surface area (Å²) < 4.78 is 5.21. The maximum Gasteiger partial charge on any atom is 0.339 e. The van der Waals surface area contributed by atoms with E-state index in [1.807, 2.05) is 0 Å². The van der Waals surface area contributed by atoms with E-state index in [1.165, 1.54) is 12.1 Å². The Morgan fingerprint density at radius 1 is 1.45 bits per heavy atom. The Morgan fingerprint density at radius 2 is 2.25 bits per heavy atom. The summed E-state index contributed by atoms with van der Waals surface area (Å²) in [6.45, 7) is 1.85. The molecule has 7 heteroatoms. The molecule has 0 bridgehead atoms. The summed E-state index contributed by atoms with van der Waals surface area (Å²) in [6.07, 6.45) is 0.915. The number of hydrogen-bond donors (Lipinski definition) is 3. The average Bonchev–Trinajstić information content (AvgIpc) is 2.89. The van der Waals surface area contributed by atoms with Crippen LogP contribution in [0.25, 0.3) is 0 Å². The molecule has 6 nitrogen and oxygen atoms in total. The highest BCUT2D eigenvalue weighted by molar-refractivity contribution is 6.34. The lowest BCUT2D eigenvalue weighted by atomic mass is 10.1. The van der Waals surface area contributed by atoms with Gasteiger partial charge < -0.3 is 20.5 Å². The highest BCUT2D eigenvalue weighted by atomic mass is 35.5. The highest BCUT2D eigenvalue weighted by Crippen LogP contribution is 2.24.